The van der Waals surface area contributed by atoms with Gasteiger partial charge in [0.05, 0.1) is 11.6 Å². The van der Waals surface area contributed by atoms with Crippen LogP contribution in [0.15, 0.2) is 15.2 Å². The van der Waals surface area contributed by atoms with Gasteiger partial charge in [-0.1, -0.05) is 19.8 Å². The van der Waals surface area contributed by atoms with Gasteiger partial charge >= 0.3 is 0 Å². The van der Waals surface area contributed by atoms with Crippen LogP contribution in [0, 0.1) is 0 Å². The second-order valence-corrected chi connectivity index (χ2v) is 6.47. The minimum Gasteiger partial charge on any atom is -0.373 e. The molecule has 2 nitrogen and oxygen atoms in total. The highest BCUT2D eigenvalue weighted by Crippen LogP contribution is 2.45. The van der Waals surface area contributed by atoms with Gasteiger partial charge in [0.25, 0.3) is 0 Å². The fraction of sp³-hybridized carbons (Fsp3) is 0.714. The number of hydrogen-bond donors (Lipinski definition) is 1. The van der Waals surface area contributed by atoms with E-state index >= 15 is 0 Å². The zero-order valence-corrected chi connectivity index (χ0v) is 13.6. The molecule has 2 rings (SSSR count). The SMILES string of the molecule is CCNC(c1cscc1Br)C1(OCC)CCCC1. The zero-order chi connectivity index (χ0) is 13.0. The lowest BCUT2D eigenvalue weighted by Crippen LogP contribution is -2.44. The lowest BCUT2D eigenvalue weighted by molar-refractivity contribution is -0.0623. The van der Waals surface area contributed by atoms with Gasteiger partial charge < -0.3 is 10.1 Å². The predicted octanol–water partition coefficient (Wildman–Crippen LogP) is 4.51. The summed E-state index contributed by atoms with van der Waals surface area (Å²) in [6, 6.07) is 0.311. The molecule has 18 heavy (non-hydrogen) atoms. The lowest BCUT2D eigenvalue weighted by Gasteiger charge is -2.38. The van der Waals surface area contributed by atoms with Crippen LogP contribution in [0.3, 0.4) is 0 Å². The Balaban J connectivity index is 2.30. The molecule has 0 aliphatic heterocycles. The Labute approximate surface area is 122 Å². The maximum Gasteiger partial charge on any atom is 0.0876 e. The Morgan fingerprint density at radius 1 is 1.39 bits per heavy atom. The summed E-state index contributed by atoms with van der Waals surface area (Å²) in [4.78, 5) is 0. The van der Waals surface area contributed by atoms with E-state index in [0.717, 1.165) is 13.2 Å². The fourth-order valence-corrected chi connectivity index (χ4v) is 4.61. The summed E-state index contributed by atoms with van der Waals surface area (Å²) in [7, 11) is 0. The molecule has 1 N–H and O–H groups in total. The molecule has 0 aromatic carbocycles. The smallest absolute Gasteiger partial charge is 0.0876 e. The summed E-state index contributed by atoms with van der Waals surface area (Å²) < 4.78 is 7.42. The van der Waals surface area contributed by atoms with Gasteiger partial charge in [0, 0.05) is 16.5 Å². The number of halogens is 1. The van der Waals surface area contributed by atoms with Gasteiger partial charge in [-0.2, -0.15) is 11.3 Å². The first kappa shape index (κ1) is 14.5. The molecule has 0 bridgehead atoms. The van der Waals surface area contributed by atoms with E-state index in [4.69, 9.17) is 4.74 Å². The molecule has 0 saturated heterocycles. The van der Waals surface area contributed by atoms with Crippen LogP contribution in [0.5, 0.6) is 0 Å². The van der Waals surface area contributed by atoms with Gasteiger partial charge in [-0.05, 0) is 53.2 Å². The van der Waals surface area contributed by atoms with Crippen molar-refractivity contribution in [3.05, 3.63) is 20.8 Å². The summed E-state index contributed by atoms with van der Waals surface area (Å²) in [5.74, 6) is 0. The average Bonchev–Trinajstić information content (AvgIpc) is 2.97. The molecule has 1 aromatic rings. The van der Waals surface area contributed by atoms with Crippen molar-refractivity contribution in [1.29, 1.82) is 0 Å². The number of likely N-dealkylation sites (N-methyl/N-ethyl adjacent to an activating group) is 1. The van der Waals surface area contributed by atoms with Crippen LogP contribution in [0.25, 0.3) is 0 Å². The predicted molar refractivity (Wildman–Crippen MR) is 81.3 cm³/mol. The van der Waals surface area contributed by atoms with E-state index in [9.17, 15) is 0 Å². The molecule has 1 aliphatic carbocycles. The first-order chi connectivity index (χ1) is 8.73. The van der Waals surface area contributed by atoms with Crippen molar-refractivity contribution in [3.63, 3.8) is 0 Å². The quantitative estimate of drug-likeness (QED) is 0.827. The molecule has 0 amide bonds. The highest BCUT2D eigenvalue weighted by molar-refractivity contribution is 9.10. The molecule has 1 atom stereocenters. The molecule has 102 valence electrons. The molecular formula is C14H22BrNOS. The van der Waals surface area contributed by atoms with Gasteiger partial charge in [0.2, 0.25) is 0 Å². The largest absolute Gasteiger partial charge is 0.373 e. The van der Waals surface area contributed by atoms with E-state index in [1.807, 2.05) is 0 Å². The molecule has 1 aliphatic rings. The summed E-state index contributed by atoms with van der Waals surface area (Å²) in [5, 5.41) is 8.05. The van der Waals surface area contributed by atoms with Crippen LogP contribution in [-0.4, -0.2) is 18.8 Å². The topological polar surface area (TPSA) is 21.3 Å². The number of nitrogens with one attached hydrogen (secondary N) is 1. The zero-order valence-electron chi connectivity index (χ0n) is 11.2. The van der Waals surface area contributed by atoms with E-state index in [-0.39, 0.29) is 5.60 Å². The van der Waals surface area contributed by atoms with Crippen molar-refractivity contribution in [3.8, 4) is 0 Å². The van der Waals surface area contributed by atoms with Crippen LogP contribution >= 0.6 is 27.3 Å². The van der Waals surface area contributed by atoms with E-state index in [2.05, 4.69) is 45.9 Å². The van der Waals surface area contributed by atoms with Gasteiger partial charge in [0.1, 0.15) is 0 Å². The van der Waals surface area contributed by atoms with Crippen molar-refractivity contribution in [2.45, 2.75) is 51.2 Å². The Morgan fingerprint density at radius 3 is 2.61 bits per heavy atom. The first-order valence-corrected chi connectivity index (χ1v) is 8.56. The van der Waals surface area contributed by atoms with Crippen molar-refractivity contribution in [1.82, 2.24) is 5.32 Å². The van der Waals surface area contributed by atoms with Gasteiger partial charge in [0.15, 0.2) is 0 Å². The maximum atomic E-state index is 6.21. The molecular weight excluding hydrogens is 310 g/mol. The van der Waals surface area contributed by atoms with E-state index in [1.165, 1.54) is 35.7 Å². The third kappa shape index (κ3) is 2.82. The van der Waals surface area contributed by atoms with Crippen LogP contribution in [0.2, 0.25) is 0 Å². The Kier molecular flexibility index (Phi) is 5.24. The third-order valence-corrected chi connectivity index (χ3v) is 5.52. The number of hydrogen-bond acceptors (Lipinski definition) is 3. The van der Waals surface area contributed by atoms with Crippen LogP contribution in [-0.2, 0) is 4.74 Å². The highest BCUT2D eigenvalue weighted by atomic mass is 79.9. The van der Waals surface area contributed by atoms with Gasteiger partial charge in [-0.15, -0.1) is 0 Å². The summed E-state index contributed by atoms with van der Waals surface area (Å²) >= 11 is 5.43. The van der Waals surface area contributed by atoms with Crippen molar-refractivity contribution in [2.24, 2.45) is 0 Å². The summed E-state index contributed by atoms with van der Waals surface area (Å²) in [6.07, 6.45) is 4.90. The molecule has 0 spiro atoms. The van der Waals surface area contributed by atoms with Crippen molar-refractivity contribution >= 4 is 27.3 Å². The van der Waals surface area contributed by atoms with Gasteiger partial charge in [-0.3, -0.25) is 0 Å². The van der Waals surface area contributed by atoms with E-state index in [0.29, 0.717) is 6.04 Å². The minimum absolute atomic E-state index is 0.00560. The molecule has 1 unspecified atom stereocenters. The average molecular weight is 332 g/mol. The molecule has 1 saturated carbocycles. The molecule has 4 heteroatoms. The highest BCUT2D eigenvalue weighted by Gasteiger charge is 2.43. The summed E-state index contributed by atoms with van der Waals surface area (Å²) in [6.45, 7) is 6.04. The minimum atomic E-state index is -0.00560. The molecule has 1 heterocycles. The Hall–Kier alpha value is 0.1000. The monoisotopic (exact) mass is 331 g/mol. The van der Waals surface area contributed by atoms with Crippen LogP contribution < -0.4 is 5.32 Å². The normalized spacial score (nSPS) is 20.2. The van der Waals surface area contributed by atoms with Crippen molar-refractivity contribution < 1.29 is 4.74 Å². The first-order valence-electron chi connectivity index (χ1n) is 6.82. The molecule has 1 aromatic heterocycles. The van der Waals surface area contributed by atoms with E-state index in [1.54, 1.807) is 11.3 Å². The summed E-state index contributed by atoms with van der Waals surface area (Å²) in [5.41, 5.74) is 1.35. The molecule has 0 radical (unpaired) electrons. The van der Waals surface area contributed by atoms with Crippen LogP contribution in [0.4, 0.5) is 0 Å². The fourth-order valence-electron chi connectivity index (χ4n) is 3.06. The second-order valence-electron chi connectivity index (χ2n) is 4.87. The third-order valence-electron chi connectivity index (χ3n) is 3.77. The maximum absolute atomic E-state index is 6.21. The van der Waals surface area contributed by atoms with Crippen molar-refractivity contribution in [2.75, 3.05) is 13.2 Å². The standard InChI is InChI=1S/C14H22BrNOS/c1-3-16-13(11-9-18-10-12(11)15)14(17-4-2)7-5-6-8-14/h9-10,13,16H,3-8H2,1-2H3. The number of rotatable bonds is 6. The second kappa shape index (κ2) is 6.51. The lowest BCUT2D eigenvalue weighted by atomic mass is 9.88. The van der Waals surface area contributed by atoms with E-state index < -0.39 is 0 Å². The number of ether oxygens (including phenoxy) is 1. The Morgan fingerprint density at radius 2 is 2.11 bits per heavy atom. The van der Waals surface area contributed by atoms with Gasteiger partial charge in [-0.25, -0.2) is 0 Å². The number of thiophene rings is 1. The van der Waals surface area contributed by atoms with Crippen LogP contribution in [0.1, 0.15) is 51.1 Å². The Bertz CT molecular complexity index is 374. The molecule has 1 fully saturated rings.